The van der Waals surface area contributed by atoms with Crippen molar-refractivity contribution in [1.29, 1.82) is 0 Å². The number of sulfonamides is 1. The Labute approximate surface area is 134 Å². The molecule has 0 aliphatic rings. The molecule has 0 spiro atoms. The van der Waals surface area contributed by atoms with Crippen LogP contribution in [0.15, 0.2) is 23.1 Å². The van der Waals surface area contributed by atoms with Gasteiger partial charge in [-0.15, -0.1) is 0 Å². The van der Waals surface area contributed by atoms with Crippen LogP contribution in [0, 0.1) is 16.0 Å². The fraction of sp³-hybridized carbons (Fsp3) is 0.462. The predicted molar refractivity (Wildman–Crippen MR) is 82.4 cm³/mol. The lowest BCUT2D eigenvalue weighted by atomic mass is 10.2. The van der Waals surface area contributed by atoms with E-state index in [9.17, 15) is 23.3 Å². The summed E-state index contributed by atoms with van der Waals surface area (Å²) in [4.78, 5) is 21.7. The highest BCUT2D eigenvalue weighted by molar-refractivity contribution is 7.89. The van der Waals surface area contributed by atoms with Gasteiger partial charge < -0.3 is 10.1 Å². The maximum absolute atomic E-state index is 11.8. The van der Waals surface area contributed by atoms with Crippen LogP contribution in [0.5, 0.6) is 5.75 Å². The van der Waals surface area contributed by atoms with Crippen molar-refractivity contribution in [1.82, 2.24) is 5.32 Å². The first-order valence-corrected chi connectivity index (χ1v) is 8.32. The van der Waals surface area contributed by atoms with Gasteiger partial charge in [0, 0.05) is 12.6 Å². The molecule has 0 aliphatic carbocycles. The molecule has 1 atom stereocenters. The van der Waals surface area contributed by atoms with Gasteiger partial charge in [0.05, 0.1) is 9.82 Å². The lowest BCUT2D eigenvalue weighted by molar-refractivity contribution is -0.386. The molecular formula is C13H19N3O6S. The molecule has 0 saturated heterocycles. The Hall–Kier alpha value is -2.20. The monoisotopic (exact) mass is 345 g/mol. The molecule has 0 aliphatic heterocycles. The molecule has 128 valence electrons. The molecule has 0 aromatic heterocycles. The number of ether oxygens (including phenoxy) is 1. The zero-order valence-electron chi connectivity index (χ0n) is 13.0. The quantitative estimate of drug-likeness (QED) is 0.552. The number of amides is 1. The number of nitrogens with one attached hydrogen (secondary N) is 1. The minimum atomic E-state index is -4.08. The number of rotatable bonds is 7. The number of nitro groups is 1. The molecule has 0 saturated carbocycles. The van der Waals surface area contributed by atoms with E-state index in [-0.39, 0.29) is 11.7 Å². The van der Waals surface area contributed by atoms with E-state index in [1.807, 2.05) is 13.8 Å². The first-order chi connectivity index (χ1) is 10.5. The molecule has 0 unspecified atom stereocenters. The smallest absolute Gasteiger partial charge is 0.312 e. The Kier molecular flexibility index (Phi) is 6.05. The molecule has 1 aromatic carbocycles. The summed E-state index contributed by atoms with van der Waals surface area (Å²) in [5, 5.41) is 18.6. The van der Waals surface area contributed by atoms with Crippen molar-refractivity contribution < 1.29 is 22.9 Å². The lowest BCUT2D eigenvalue weighted by Gasteiger charge is -2.15. The molecule has 1 aromatic rings. The third-order valence-corrected chi connectivity index (χ3v) is 3.72. The molecular weight excluding hydrogens is 326 g/mol. The summed E-state index contributed by atoms with van der Waals surface area (Å²) < 4.78 is 27.8. The Morgan fingerprint density at radius 1 is 1.39 bits per heavy atom. The molecule has 0 bridgehead atoms. The summed E-state index contributed by atoms with van der Waals surface area (Å²) in [6.45, 7) is 5.72. The summed E-state index contributed by atoms with van der Waals surface area (Å²) >= 11 is 0. The number of nitro benzene ring substituents is 1. The van der Waals surface area contributed by atoms with E-state index in [2.05, 4.69) is 5.32 Å². The standard InChI is InChI=1S/C13H19N3O6S/c1-8(2)7-15-13(17)9(3)22-12-5-4-10(23(14,20)21)6-11(12)16(18)19/h4-6,8-9H,7H2,1-3H3,(H,15,17)(H2,14,20,21)/t9-/m1/s1. The van der Waals surface area contributed by atoms with Crippen LogP contribution in [0.1, 0.15) is 20.8 Å². The van der Waals surface area contributed by atoms with Crippen LogP contribution in [0.3, 0.4) is 0 Å². The Morgan fingerprint density at radius 2 is 2.00 bits per heavy atom. The summed E-state index contributed by atoms with van der Waals surface area (Å²) in [5.41, 5.74) is -0.583. The number of nitrogens with zero attached hydrogens (tertiary/aromatic N) is 1. The van der Waals surface area contributed by atoms with E-state index in [1.165, 1.54) is 6.92 Å². The van der Waals surface area contributed by atoms with Crippen LogP contribution in [-0.2, 0) is 14.8 Å². The van der Waals surface area contributed by atoms with Crippen molar-refractivity contribution in [3.63, 3.8) is 0 Å². The minimum Gasteiger partial charge on any atom is -0.474 e. The van der Waals surface area contributed by atoms with Gasteiger partial charge in [0.25, 0.3) is 5.91 Å². The second kappa shape index (κ2) is 7.38. The summed E-state index contributed by atoms with van der Waals surface area (Å²) in [7, 11) is -4.08. The van der Waals surface area contributed by atoms with Gasteiger partial charge in [0.15, 0.2) is 11.9 Å². The number of primary sulfonamides is 1. The average Bonchev–Trinajstić information content (AvgIpc) is 2.43. The number of benzene rings is 1. The maximum Gasteiger partial charge on any atom is 0.312 e. The molecule has 1 rings (SSSR count). The first kappa shape index (κ1) is 18.8. The molecule has 23 heavy (non-hydrogen) atoms. The average molecular weight is 345 g/mol. The molecule has 1 amide bonds. The van der Waals surface area contributed by atoms with Gasteiger partial charge in [-0.3, -0.25) is 14.9 Å². The molecule has 0 radical (unpaired) electrons. The second-order valence-electron chi connectivity index (χ2n) is 5.33. The second-order valence-corrected chi connectivity index (χ2v) is 6.89. The van der Waals surface area contributed by atoms with Gasteiger partial charge in [-0.1, -0.05) is 13.8 Å². The van der Waals surface area contributed by atoms with Crippen LogP contribution in [0.25, 0.3) is 0 Å². The van der Waals surface area contributed by atoms with Crippen molar-refractivity contribution in [2.24, 2.45) is 11.1 Å². The van der Waals surface area contributed by atoms with Gasteiger partial charge in [-0.2, -0.15) is 0 Å². The SMILES string of the molecule is CC(C)CNC(=O)[C@@H](C)Oc1ccc(S(N)(=O)=O)cc1[N+](=O)[O-]. The van der Waals surface area contributed by atoms with Crippen molar-refractivity contribution in [2.45, 2.75) is 31.8 Å². The number of carbonyl (C=O) groups excluding carboxylic acids is 1. The molecule has 0 heterocycles. The van der Waals surface area contributed by atoms with E-state index in [4.69, 9.17) is 9.88 Å². The predicted octanol–water partition coefficient (Wildman–Crippen LogP) is 0.782. The highest BCUT2D eigenvalue weighted by Crippen LogP contribution is 2.30. The van der Waals surface area contributed by atoms with Crippen LogP contribution < -0.4 is 15.2 Å². The van der Waals surface area contributed by atoms with Gasteiger partial charge in [0.1, 0.15) is 0 Å². The Morgan fingerprint density at radius 3 is 2.48 bits per heavy atom. The number of hydrogen-bond acceptors (Lipinski definition) is 6. The minimum absolute atomic E-state index is 0.213. The topological polar surface area (TPSA) is 142 Å². The third kappa shape index (κ3) is 5.49. The van der Waals surface area contributed by atoms with Crippen molar-refractivity contribution in [3.8, 4) is 5.75 Å². The maximum atomic E-state index is 11.8. The fourth-order valence-electron chi connectivity index (χ4n) is 1.61. The van der Waals surface area contributed by atoms with E-state index < -0.39 is 37.5 Å². The number of carbonyl (C=O) groups is 1. The highest BCUT2D eigenvalue weighted by atomic mass is 32.2. The van der Waals surface area contributed by atoms with E-state index in [0.29, 0.717) is 6.54 Å². The largest absolute Gasteiger partial charge is 0.474 e. The molecule has 9 nitrogen and oxygen atoms in total. The van der Waals surface area contributed by atoms with Crippen molar-refractivity contribution in [3.05, 3.63) is 28.3 Å². The van der Waals surface area contributed by atoms with E-state index in [1.54, 1.807) is 0 Å². The lowest BCUT2D eigenvalue weighted by Crippen LogP contribution is -2.38. The fourth-order valence-corrected chi connectivity index (χ4v) is 2.14. The summed E-state index contributed by atoms with van der Waals surface area (Å²) in [5.74, 6) is -0.396. The van der Waals surface area contributed by atoms with Crippen molar-refractivity contribution in [2.75, 3.05) is 6.54 Å². The van der Waals surface area contributed by atoms with E-state index >= 15 is 0 Å². The Bertz CT molecular complexity index is 702. The Balaban J connectivity index is 3.00. The van der Waals surface area contributed by atoms with Crippen LogP contribution in [-0.4, -0.2) is 31.9 Å². The molecule has 10 heteroatoms. The van der Waals surface area contributed by atoms with Crippen LogP contribution in [0.4, 0.5) is 5.69 Å². The van der Waals surface area contributed by atoms with Gasteiger partial charge >= 0.3 is 5.69 Å². The van der Waals surface area contributed by atoms with Gasteiger partial charge in [0.2, 0.25) is 10.0 Å². The van der Waals surface area contributed by atoms with Gasteiger partial charge in [-0.25, -0.2) is 13.6 Å². The van der Waals surface area contributed by atoms with E-state index in [0.717, 1.165) is 18.2 Å². The van der Waals surface area contributed by atoms with Crippen molar-refractivity contribution >= 4 is 21.6 Å². The number of nitrogens with two attached hydrogens (primary N) is 1. The zero-order chi connectivity index (χ0) is 17.8. The van der Waals surface area contributed by atoms with Crippen LogP contribution >= 0.6 is 0 Å². The van der Waals surface area contributed by atoms with Gasteiger partial charge in [-0.05, 0) is 25.0 Å². The summed E-state index contributed by atoms with van der Waals surface area (Å²) in [6, 6.07) is 2.98. The highest BCUT2D eigenvalue weighted by Gasteiger charge is 2.23. The number of hydrogen-bond donors (Lipinski definition) is 2. The molecule has 3 N–H and O–H groups in total. The molecule has 0 fully saturated rings. The van der Waals surface area contributed by atoms with Crippen LogP contribution in [0.2, 0.25) is 0 Å². The normalized spacial score (nSPS) is 12.7. The third-order valence-electron chi connectivity index (χ3n) is 2.81. The zero-order valence-corrected chi connectivity index (χ0v) is 13.8. The summed E-state index contributed by atoms with van der Waals surface area (Å²) in [6.07, 6.45) is -0.979. The first-order valence-electron chi connectivity index (χ1n) is 6.78.